The molecule has 2 heteroatoms. The fraction of sp³-hybridized carbons (Fsp3) is 0.133. The Hall–Kier alpha value is -1.96. The summed E-state index contributed by atoms with van der Waals surface area (Å²) in [5.74, 6) is -0.210. The Morgan fingerprint density at radius 3 is 2.41 bits per heavy atom. The molecule has 2 aromatic rings. The highest BCUT2D eigenvalue weighted by Gasteiger charge is 2.05. The van der Waals surface area contributed by atoms with E-state index >= 15 is 0 Å². The van der Waals surface area contributed by atoms with Crippen LogP contribution in [0.25, 0.3) is 11.1 Å². The Kier molecular flexibility index (Phi) is 3.05. The predicted molar refractivity (Wildman–Crippen MR) is 66.7 cm³/mol. The molecule has 0 atom stereocenters. The first-order valence-electron chi connectivity index (χ1n) is 5.44. The molecule has 0 N–H and O–H groups in total. The van der Waals surface area contributed by atoms with E-state index < -0.39 is 0 Å². The minimum Gasteiger partial charge on any atom is -0.298 e. The highest BCUT2D eigenvalue weighted by Crippen LogP contribution is 2.25. The molecule has 86 valence electrons. The average molecular weight is 228 g/mol. The van der Waals surface area contributed by atoms with Gasteiger partial charge in [0.2, 0.25) is 0 Å². The number of benzene rings is 2. The van der Waals surface area contributed by atoms with E-state index in [-0.39, 0.29) is 5.82 Å². The second-order valence-corrected chi connectivity index (χ2v) is 4.16. The van der Waals surface area contributed by atoms with Crippen LogP contribution in [0.3, 0.4) is 0 Å². The topological polar surface area (TPSA) is 17.1 Å². The Bertz CT molecular complexity index is 573. The summed E-state index contributed by atoms with van der Waals surface area (Å²) < 4.78 is 13.2. The second kappa shape index (κ2) is 4.50. The van der Waals surface area contributed by atoms with Crippen molar-refractivity contribution in [1.29, 1.82) is 0 Å². The average Bonchev–Trinajstić information content (AvgIpc) is 2.33. The smallest absolute Gasteiger partial charge is 0.150 e. The summed E-state index contributed by atoms with van der Waals surface area (Å²) in [5.41, 5.74) is 4.22. The summed E-state index contributed by atoms with van der Waals surface area (Å²) in [6.45, 7) is 3.71. The van der Waals surface area contributed by atoms with Crippen molar-refractivity contribution in [3.63, 3.8) is 0 Å². The Morgan fingerprint density at radius 2 is 1.76 bits per heavy atom. The number of halogens is 1. The molecule has 17 heavy (non-hydrogen) atoms. The van der Waals surface area contributed by atoms with Crippen molar-refractivity contribution in [3.05, 3.63) is 58.9 Å². The number of hydrogen-bond donors (Lipinski definition) is 0. The zero-order chi connectivity index (χ0) is 12.4. The molecule has 0 heterocycles. The van der Waals surface area contributed by atoms with Gasteiger partial charge in [0.05, 0.1) is 0 Å². The maximum Gasteiger partial charge on any atom is 0.150 e. The fourth-order valence-electron chi connectivity index (χ4n) is 1.84. The lowest BCUT2D eigenvalue weighted by Gasteiger charge is -2.08. The van der Waals surface area contributed by atoms with Gasteiger partial charge in [0, 0.05) is 5.56 Å². The Labute approximate surface area is 99.9 Å². The van der Waals surface area contributed by atoms with Gasteiger partial charge < -0.3 is 0 Å². The fourth-order valence-corrected chi connectivity index (χ4v) is 1.84. The zero-order valence-electron chi connectivity index (χ0n) is 9.83. The molecule has 0 radical (unpaired) electrons. The molecule has 0 amide bonds. The van der Waals surface area contributed by atoms with Gasteiger partial charge >= 0.3 is 0 Å². The van der Waals surface area contributed by atoms with Gasteiger partial charge in [-0.2, -0.15) is 0 Å². The Morgan fingerprint density at radius 1 is 1.00 bits per heavy atom. The second-order valence-electron chi connectivity index (χ2n) is 4.16. The van der Waals surface area contributed by atoms with Crippen molar-refractivity contribution in [2.75, 3.05) is 0 Å². The molecule has 0 spiro atoms. The SMILES string of the molecule is Cc1cc(-c2cc(C=O)ccc2C)ccc1F. The molecule has 0 aliphatic heterocycles. The van der Waals surface area contributed by atoms with Crippen molar-refractivity contribution in [3.8, 4) is 11.1 Å². The third-order valence-corrected chi connectivity index (χ3v) is 2.87. The molecule has 2 rings (SSSR count). The van der Waals surface area contributed by atoms with Crippen LogP contribution in [0, 0.1) is 19.7 Å². The van der Waals surface area contributed by atoms with Gasteiger partial charge in [-0.05, 0) is 54.3 Å². The molecule has 0 aliphatic carbocycles. The minimum atomic E-state index is -0.210. The van der Waals surface area contributed by atoms with Crippen LogP contribution < -0.4 is 0 Å². The van der Waals surface area contributed by atoms with Crippen molar-refractivity contribution in [1.82, 2.24) is 0 Å². The van der Waals surface area contributed by atoms with Gasteiger partial charge in [-0.3, -0.25) is 4.79 Å². The van der Waals surface area contributed by atoms with E-state index in [4.69, 9.17) is 0 Å². The molecular formula is C15H13FO. The third-order valence-electron chi connectivity index (χ3n) is 2.87. The quantitative estimate of drug-likeness (QED) is 0.712. The van der Waals surface area contributed by atoms with E-state index in [9.17, 15) is 9.18 Å². The van der Waals surface area contributed by atoms with Crippen molar-refractivity contribution in [2.45, 2.75) is 13.8 Å². The first kappa shape index (κ1) is 11.5. The molecule has 0 aliphatic rings. The van der Waals surface area contributed by atoms with Crippen molar-refractivity contribution >= 4 is 6.29 Å². The maximum atomic E-state index is 13.2. The Balaban J connectivity index is 2.58. The molecule has 1 nitrogen and oxygen atoms in total. The molecule has 0 saturated carbocycles. The molecule has 0 fully saturated rings. The van der Waals surface area contributed by atoms with Crippen LogP contribution >= 0.6 is 0 Å². The minimum absolute atomic E-state index is 0.210. The van der Waals surface area contributed by atoms with Crippen molar-refractivity contribution in [2.24, 2.45) is 0 Å². The van der Waals surface area contributed by atoms with Crippen LogP contribution in [-0.4, -0.2) is 6.29 Å². The highest BCUT2D eigenvalue weighted by molar-refractivity contribution is 5.80. The highest BCUT2D eigenvalue weighted by atomic mass is 19.1. The number of aryl methyl sites for hydroxylation is 2. The van der Waals surface area contributed by atoms with Crippen molar-refractivity contribution < 1.29 is 9.18 Å². The van der Waals surface area contributed by atoms with Gasteiger partial charge in [0.25, 0.3) is 0 Å². The summed E-state index contributed by atoms with van der Waals surface area (Å²) in [4.78, 5) is 10.8. The first-order chi connectivity index (χ1) is 8.11. The lowest BCUT2D eigenvalue weighted by Crippen LogP contribution is -1.89. The maximum absolute atomic E-state index is 13.2. The number of carbonyl (C=O) groups excluding carboxylic acids is 1. The summed E-state index contributed by atoms with van der Waals surface area (Å²) in [6.07, 6.45) is 0.819. The monoisotopic (exact) mass is 228 g/mol. The normalized spacial score (nSPS) is 10.3. The van der Waals surface area contributed by atoms with E-state index in [0.717, 1.165) is 23.0 Å². The predicted octanol–water partition coefficient (Wildman–Crippen LogP) is 3.92. The van der Waals surface area contributed by atoms with Crippen LogP contribution in [-0.2, 0) is 0 Å². The summed E-state index contributed by atoms with van der Waals surface area (Å²) in [5, 5.41) is 0. The van der Waals surface area contributed by atoms with Gasteiger partial charge in [0.1, 0.15) is 12.1 Å². The lowest BCUT2D eigenvalue weighted by molar-refractivity contribution is 0.112. The molecular weight excluding hydrogens is 215 g/mol. The number of carbonyl (C=O) groups is 1. The number of aldehydes is 1. The zero-order valence-corrected chi connectivity index (χ0v) is 9.83. The van der Waals surface area contributed by atoms with E-state index in [2.05, 4.69) is 0 Å². The molecule has 0 unspecified atom stereocenters. The van der Waals surface area contributed by atoms with Crippen LogP contribution in [0.2, 0.25) is 0 Å². The van der Waals surface area contributed by atoms with E-state index in [1.807, 2.05) is 19.1 Å². The summed E-state index contributed by atoms with van der Waals surface area (Å²) in [6, 6.07) is 10.5. The summed E-state index contributed by atoms with van der Waals surface area (Å²) in [7, 11) is 0. The molecule has 0 saturated heterocycles. The first-order valence-corrected chi connectivity index (χ1v) is 5.44. The van der Waals surface area contributed by atoms with Gasteiger partial charge in [0.15, 0.2) is 0 Å². The van der Waals surface area contributed by atoms with Crippen LogP contribution in [0.5, 0.6) is 0 Å². The van der Waals surface area contributed by atoms with Crippen LogP contribution in [0.15, 0.2) is 36.4 Å². The largest absolute Gasteiger partial charge is 0.298 e. The van der Waals surface area contributed by atoms with Crippen LogP contribution in [0.1, 0.15) is 21.5 Å². The lowest BCUT2D eigenvalue weighted by atomic mass is 9.97. The van der Waals surface area contributed by atoms with E-state index in [1.165, 1.54) is 6.07 Å². The van der Waals surface area contributed by atoms with E-state index in [1.54, 1.807) is 25.1 Å². The van der Waals surface area contributed by atoms with Gasteiger partial charge in [-0.15, -0.1) is 0 Å². The van der Waals surface area contributed by atoms with E-state index in [0.29, 0.717) is 11.1 Å². The molecule has 2 aromatic carbocycles. The standard InChI is InChI=1S/C15H13FO/c1-10-3-4-12(9-17)8-14(10)13-5-6-15(16)11(2)7-13/h3-9H,1-2H3. The van der Waals surface area contributed by atoms with Gasteiger partial charge in [-0.1, -0.05) is 18.2 Å². The third kappa shape index (κ3) is 2.26. The number of rotatable bonds is 2. The number of hydrogen-bond acceptors (Lipinski definition) is 1. The molecule has 0 aromatic heterocycles. The van der Waals surface area contributed by atoms with Crippen LogP contribution in [0.4, 0.5) is 4.39 Å². The van der Waals surface area contributed by atoms with Gasteiger partial charge in [-0.25, -0.2) is 4.39 Å². The summed E-state index contributed by atoms with van der Waals surface area (Å²) >= 11 is 0. The molecule has 0 bridgehead atoms.